The number of aromatic nitrogens is 2. The van der Waals surface area contributed by atoms with Crippen LogP contribution in [-0.2, 0) is 6.54 Å². The van der Waals surface area contributed by atoms with Crippen LogP contribution in [0.1, 0.15) is 12.1 Å². The van der Waals surface area contributed by atoms with Crippen molar-refractivity contribution in [3.8, 4) is 0 Å². The predicted octanol–water partition coefficient (Wildman–Crippen LogP) is 2.57. The van der Waals surface area contributed by atoms with Gasteiger partial charge in [-0.1, -0.05) is 18.2 Å². The van der Waals surface area contributed by atoms with Gasteiger partial charge >= 0.3 is 0 Å². The lowest BCUT2D eigenvalue weighted by Crippen LogP contribution is -2.29. The molecule has 4 nitrogen and oxygen atoms in total. The molecule has 0 fully saturated rings. The highest BCUT2D eigenvalue weighted by molar-refractivity contribution is 7.80. The monoisotopic (exact) mass is 274 g/mol. The van der Waals surface area contributed by atoms with Crippen LogP contribution in [0.15, 0.2) is 42.6 Å². The Morgan fingerprint density at radius 3 is 2.74 bits per heavy atom. The maximum absolute atomic E-state index is 5.23. The van der Waals surface area contributed by atoms with Crippen molar-refractivity contribution in [3.63, 3.8) is 0 Å². The lowest BCUT2D eigenvalue weighted by Gasteiger charge is -2.10. The second kappa shape index (κ2) is 6.89. The summed E-state index contributed by atoms with van der Waals surface area (Å²) in [6, 6.07) is 11.9. The van der Waals surface area contributed by atoms with Gasteiger partial charge in [-0.05, 0) is 43.8 Å². The fourth-order valence-corrected chi connectivity index (χ4v) is 1.95. The fourth-order valence-electron chi connectivity index (χ4n) is 1.73. The normalized spacial score (nSPS) is 10.2. The molecule has 0 aliphatic heterocycles. The summed E-state index contributed by atoms with van der Waals surface area (Å²) in [5, 5.41) is 11.3. The van der Waals surface area contributed by atoms with E-state index in [0.717, 1.165) is 30.9 Å². The third-order valence-corrected chi connectivity index (χ3v) is 2.90. The summed E-state index contributed by atoms with van der Waals surface area (Å²) in [6.07, 6.45) is 2.98. The topological polar surface area (TPSA) is 41.9 Å². The number of hydrogen-bond donors (Lipinski definition) is 2. The zero-order valence-corrected chi connectivity index (χ0v) is 11.8. The minimum absolute atomic E-state index is 0.655. The van der Waals surface area contributed by atoms with Gasteiger partial charge in [0.05, 0.1) is 5.69 Å². The molecule has 0 bridgehead atoms. The number of rotatable bonds is 5. The van der Waals surface area contributed by atoms with Gasteiger partial charge in [-0.3, -0.25) is 4.68 Å². The molecule has 0 atom stereocenters. The number of anilines is 1. The van der Waals surface area contributed by atoms with Crippen molar-refractivity contribution >= 4 is 23.0 Å². The molecule has 2 N–H and O–H groups in total. The number of benzene rings is 1. The molecule has 0 amide bonds. The van der Waals surface area contributed by atoms with E-state index in [-0.39, 0.29) is 0 Å². The molecule has 19 heavy (non-hydrogen) atoms. The molecule has 1 aromatic heterocycles. The second-order valence-electron chi connectivity index (χ2n) is 4.32. The Labute approximate surface area is 118 Å². The molecule has 0 unspecified atom stereocenters. The first-order valence-electron chi connectivity index (χ1n) is 6.34. The number of aryl methyl sites for hydroxylation is 2. The van der Waals surface area contributed by atoms with Crippen LogP contribution in [0.2, 0.25) is 0 Å². The quantitative estimate of drug-likeness (QED) is 0.649. The Hall–Kier alpha value is -1.88. The van der Waals surface area contributed by atoms with Crippen molar-refractivity contribution in [1.82, 2.24) is 15.1 Å². The summed E-state index contributed by atoms with van der Waals surface area (Å²) in [5.74, 6) is 0. The van der Waals surface area contributed by atoms with Crippen molar-refractivity contribution < 1.29 is 0 Å². The van der Waals surface area contributed by atoms with E-state index in [4.69, 9.17) is 12.2 Å². The van der Waals surface area contributed by atoms with E-state index in [1.165, 1.54) is 0 Å². The minimum Gasteiger partial charge on any atom is -0.362 e. The highest BCUT2D eigenvalue weighted by Crippen LogP contribution is 2.04. The Morgan fingerprint density at radius 2 is 2.05 bits per heavy atom. The summed E-state index contributed by atoms with van der Waals surface area (Å²) in [4.78, 5) is 0. The fraction of sp³-hybridized carbons (Fsp3) is 0.286. The van der Waals surface area contributed by atoms with Gasteiger partial charge in [0.2, 0.25) is 0 Å². The van der Waals surface area contributed by atoms with Crippen molar-refractivity contribution in [2.75, 3.05) is 11.9 Å². The first-order valence-corrected chi connectivity index (χ1v) is 6.75. The summed E-state index contributed by atoms with van der Waals surface area (Å²) < 4.78 is 1.95. The van der Waals surface area contributed by atoms with Crippen molar-refractivity contribution in [1.29, 1.82) is 0 Å². The predicted molar refractivity (Wildman–Crippen MR) is 82.2 cm³/mol. The molecule has 2 rings (SSSR count). The molecule has 0 saturated heterocycles. The van der Waals surface area contributed by atoms with Crippen molar-refractivity contribution in [3.05, 3.63) is 48.3 Å². The van der Waals surface area contributed by atoms with Crippen LogP contribution in [0.3, 0.4) is 0 Å². The Balaban J connectivity index is 1.64. The van der Waals surface area contributed by atoms with E-state index in [1.54, 1.807) is 0 Å². The standard InChI is InChI=1S/C14H18N4S/c1-12-8-11-18(17-12)10-5-9-15-14(19)16-13-6-3-2-4-7-13/h2-4,6-8,11H,5,9-10H2,1H3,(H2,15,16,19). The van der Waals surface area contributed by atoms with Gasteiger partial charge in [-0.2, -0.15) is 5.10 Å². The van der Waals surface area contributed by atoms with Crippen LogP contribution in [0.5, 0.6) is 0 Å². The Morgan fingerprint density at radius 1 is 1.26 bits per heavy atom. The Kier molecular flexibility index (Phi) is 4.92. The molecule has 2 aromatic rings. The molecule has 0 saturated carbocycles. The molecule has 0 spiro atoms. The smallest absolute Gasteiger partial charge is 0.170 e. The molecule has 100 valence electrons. The number of thiocarbonyl (C=S) groups is 1. The average molecular weight is 274 g/mol. The summed E-state index contributed by atoms with van der Waals surface area (Å²) >= 11 is 5.23. The molecule has 0 radical (unpaired) electrons. The van der Waals surface area contributed by atoms with Gasteiger partial charge in [-0.15, -0.1) is 0 Å². The highest BCUT2D eigenvalue weighted by atomic mass is 32.1. The van der Waals surface area contributed by atoms with Gasteiger partial charge in [0.1, 0.15) is 0 Å². The van der Waals surface area contributed by atoms with Crippen LogP contribution in [0.25, 0.3) is 0 Å². The van der Waals surface area contributed by atoms with Crippen LogP contribution in [-0.4, -0.2) is 21.4 Å². The van der Waals surface area contributed by atoms with Gasteiger partial charge in [0, 0.05) is 25.0 Å². The van der Waals surface area contributed by atoms with E-state index in [9.17, 15) is 0 Å². The molecule has 0 aliphatic rings. The van der Waals surface area contributed by atoms with Gasteiger partial charge in [0.15, 0.2) is 5.11 Å². The van der Waals surface area contributed by atoms with E-state index >= 15 is 0 Å². The number of nitrogens with zero attached hydrogens (tertiary/aromatic N) is 2. The molecule has 5 heteroatoms. The SMILES string of the molecule is Cc1ccn(CCCNC(=S)Nc2ccccc2)n1. The summed E-state index contributed by atoms with van der Waals surface area (Å²) in [5.41, 5.74) is 2.05. The largest absolute Gasteiger partial charge is 0.362 e. The van der Waals surface area contributed by atoms with Gasteiger partial charge < -0.3 is 10.6 Å². The summed E-state index contributed by atoms with van der Waals surface area (Å²) in [7, 11) is 0. The molecule has 0 aliphatic carbocycles. The van der Waals surface area contributed by atoms with Crippen LogP contribution in [0, 0.1) is 6.92 Å². The summed E-state index contributed by atoms with van der Waals surface area (Å²) in [6.45, 7) is 3.72. The van der Waals surface area contributed by atoms with Crippen LogP contribution >= 0.6 is 12.2 Å². The lowest BCUT2D eigenvalue weighted by atomic mass is 10.3. The maximum atomic E-state index is 5.23. The first kappa shape index (κ1) is 13.5. The first-order chi connectivity index (χ1) is 9.24. The molecule has 1 heterocycles. The van der Waals surface area contributed by atoms with E-state index in [1.807, 2.05) is 54.2 Å². The lowest BCUT2D eigenvalue weighted by molar-refractivity contribution is 0.570. The zero-order chi connectivity index (χ0) is 13.5. The minimum atomic E-state index is 0.655. The average Bonchev–Trinajstić information content (AvgIpc) is 2.82. The van der Waals surface area contributed by atoms with E-state index in [2.05, 4.69) is 15.7 Å². The number of hydrogen-bond acceptors (Lipinski definition) is 2. The van der Waals surface area contributed by atoms with Crippen LogP contribution < -0.4 is 10.6 Å². The zero-order valence-electron chi connectivity index (χ0n) is 11.0. The molecule has 1 aromatic carbocycles. The number of para-hydroxylation sites is 1. The van der Waals surface area contributed by atoms with Crippen molar-refractivity contribution in [2.45, 2.75) is 19.9 Å². The van der Waals surface area contributed by atoms with Gasteiger partial charge in [0.25, 0.3) is 0 Å². The van der Waals surface area contributed by atoms with Crippen molar-refractivity contribution in [2.24, 2.45) is 0 Å². The highest BCUT2D eigenvalue weighted by Gasteiger charge is 1.97. The van der Waals surface area contributed by atoms with E-state index < -0.39 is 0 Å². The molecular weight excluding hydrogens is 256 g/mol. The van der Waals surface area contributed by atoms with Crippen LogP contribution in [0.4, 0.5) is 5.69 Å². The third-order valence-electron chi connectivity index (χ3n) is 2.66. The van der Waals surface area contributed by atoms with E-state index in [0.29, 0.717) is 5.11 Å². The Bertz CT molecular complexity index is 521. The number of nitrogens with one attached hydrogen (secondary N) is 2. The maximum Gasteiger partial charge on any atom is 0.170 e. The molecular formula is C14H18N4S. The van der Waals surface area contributed by atoms with Gasteiger partial charge in [-0.25, -0.2) is 0 Å². The second-order valence-corrected chi connectivity index (χ2v) is 4.73. The third kappa shape index (κ3) is 4.71.